The van der Waals surface area contributed by atoms with Crippen LogP contribution in [0.5, 0.6) is 17.2 Å². The number of hydrogen-bond donors (Lipinski definition) is 1. The van der Waals surface area contributed by atoms with Crippen molar-refractivity contribution in [2.75, 3.05) is 46.9 Å². The Morgan fingerprint density at radius 3 is 2.23 bits per heavy atom. The van der Waals surface area contributed by atoms with Crippen molar-refractivity contribution >= 4 is 34.4 Å². The molecule has 1 atom stereocenters. The van der Waals surface area contributed by atoms with Crippen molar-refractivity contribution in [2.24, 2.45) is 18.3 Å². The molecule has 5 fully saturated rings. The zero-order valence-electron chi connectivity index (χ0n) is 38.2. The van der Waals surface area contributed by atoms with Gasteiger partial charge in [0.25, 0.3) is 17.4 Å². The Balaban J connectivity index is 0.726. The summed E-state index contributed by atoms with van der Waals surface area (Å²) in [6, 6.07) is 9.71. The third-order valence-corrected chi connectivity index (χ3v) is 14.4. The third-order valence-electron chi connectivity index (χ3n) is 14.4. The van der Waals surface area contributed by atoms with Crippen LogP contribution >= 0.6 is 0 Å². The number of aryl methyl sites for hydroxylation is 1. The summed E-state index contributed by atoms with van der Waals surface area (Å²) >= 11 is 0. The Bertz CT molecular complexity index is 2630. The Morgan fingerprint density at radius 1 is 0.823 bits per heavy atom. The van der Waals surface area contributed by atoms with Crippen molar-refractivity contribution < 1.29 is 37.5 Å². The van der Waals surface area contributed by atoms with Gasteiger partial charge < -0.3 is 23.7 Å². The number of fused-ring (bicyclic) bond motifs is 2. The second kappa shape index (κ2) is 15.9. The molecule has 4 aliphatic heterocycles. The number of nitrogens with zero attached hydrogens (tertiary/aromatic N) is 5. The van der Waals surface area contributed by atoms with Gasteiger partial charge in [-0.15, -0.1) is 0 Å². The first-order valence-electron chi connectivity index (χ1n) is 23.5. The number of ether oxygens (including phenoxy) is 3. The summed E-state index contributed by atoms with van der Waals surface area (Å²) in [7, 11) is 3.26. The molecule has 14 heteroatoms. The maximum Gasteiger partial charge on any atom is 0.262 e. The molecule has 0 bridgehead atoms. The number of pyridine rings is 2. The van der Waals surface area contributed by atoms with E-state index in [-0.39, 0.29) is 40.9 Å². The van der Waals surface area contributed by atoms with E-state index in [0.717, 1.165) is 105 Å². The highest BCUT2D eigenvalue weighted by atomic mass is 16.5. The van der Waals surface area contributed by atoms with Gasteiger partial charge in [-0.1, -0.05) is 0 Å². The minimum absolute atomic E-state index is 0.0343. The highest BCUT2D eigenvalue weighted by molar-refractivity contribution is 6.23. The molecule has 0 radical (unpaired) electrons. The molecular weight excluding hydrogens is 789 g/mol. The van der Waals surface area contributed by atoms with Crippen LogP contribution in [0, 0.1) is 11.3 Å². The maximum atomic E-state index is 13.4. The van der Waals surface area contributed by atoms with E-state index < -0.39 is 42.2 Å². The van der Waals surface area contributed by atoms with E-state index in [2.05, 4.69) is 20.1 Å². The van der Waals surface area contributed by atoms with Gasteiger partial charge in [-0.25, -0.2) is 0 Å². The number of aromatic nitrogens is 2. The predicted octanol–water partition coefficient (Wildman–Crippen LogP) is 5.43. The number of rotatable bonds is 11. The first-order valence-corrected chi connectivity index (χ1v) is 22.0. The van der Waals surface area contributed by atoms with E-state index in [9.17, 15) is 24.0 Å². The third kappa shape index (κ3) is 7.44. The smallest absolute Gasteiger partial charge is 0.262 e. The molecule has 324 valence electrons. The van der Waals surface area contributed by atoms with Crippen LogP contribution in [0.15, 0.2) is 53.6 Å². The molecule has 1 unspecified atom stereocenters. The van der Waals surface area contributed by atoms with E-state index in [1.165, 1.54) is 12.4 Å². The monoisotopic (exact) mass is 845 g/mol. The molecule has 1 N–H and O–H groups in total. The first-order chi connectivity index (χ1) is 31.2. The summed E-state index contributed by atoms with van der Waals surface area (Å²) in [6.45, 7) is 3.04. The van der Waals surface area contributed by atoms with Gasteiger partial charge in [-0.2, -0.15) is 0 Å². The summed E-state index contributed by atoms with van der Waals surface area (Å²) in [4.78, 5) is 74.4. The number of benzene rings is 2. The van der Waals surface area contributed by atoms with Crippen LogP contribution in [0.25, 0.3) is 21.9 Å². The van der Waals surface area contributed by atoms with Crippen LogP contribution < -0.4 is 25.1 Å². The number of carbonyl (C=O) groups is 4. The largest absolute Gasteiger partial charge is 0.496 e. The highest BCUT2D eigenvalue weighted by Crippen LogP contribution is 2.51. The standard InChI is InChI=1S/C48H54N6O8/c1-51-26-37(34-21-39(29-4-5-29)49-24-36(34)45(51)57)30-18-41(60-2)38(42(19-30)61-3)27-52-14-10-28(11-15-52)25-53-16-12-48(13-17-53)22-32(23-48)62-31-6-7-33-35(20-31)47(59)54(46(33)58)40-8-9-43(55)50-44(40)56/h6-7,18-21,24,26,28-29,32,40H,4-5,8-17,22-23,25,27H2,1-3H3,(H,50,55,56)/i1D3. The Hall–Kier alpha value is -5.60. The lowest BCUT2D eigenvalue weighted by Gasteiger charge is -2.52. The summed E-state index contributed by atoms with van der Waals surface area (Å²) in [5, 5.41) is 3.16. The molecule has 6 heterocycles. The second-order valence-corrected chi connectivity index (χ2v) is 18.3. The molecule has 14 nitrogen and oxygen atoms in total. The summed E-state index contributed by atoms with van der Waals surface area (Å²) in [5.41, 5.74) is 3.26. The van der Waals surface area contributed by atoms with Crippen LogP contribution in [-0.4, -0.2) is 107 Å². The molecule has 10 rings (SSSR count). The van der Waals surface area contributed by atoms with Crippen LogP contribution in [0.1, 0.15) is 106 Å². The van der Waals surface area contributed by atoms with Crippen LogP contribution in [0.3, 0.4) is 0 Å². The fourth-order valence-electron chi connectivity index (χ4n) is 10.6. The van der Waals surface area contributed by atoms with E-state index >= 15 is 0 Å². The number of methoxy groups -OCH3 is 2. The minimum Gasteiger partial charge on any atom is -0.496 e. The number of amides is 4. The highest BCUT2D eigenvalue weighted by Gasteiger charge is 2.48. The van der Waals surface area contributed by atoms with Gasteiger partial charge in [-0.3, -0.25) is 44.1 Å². The quantitative estimate of drug-likeness (QED) is 0.193. The number of piperidine rings is 3. The zero-order valence-corrected chi connectivity index (χ0v) is 35.2. The Morgan fingerprint density at radius 2 is 1.55 bits per heavy atom. The summed E-state index contributed by atoms with van der Waals surface area (Å²) < 4.78 is 43.4. The molecule has 4 aromatic rings. The van der Waals surface area contributed by atoms with Gasteiger partial charge in [0.15, 0.2) is 0 Å². The van der Waals surface area contributed by atoms with E-state index in [4.69, 9.17) is 18.3 Å². The number of nitrogens with one attached hydrogen (secondary N) is 1. The van der Waals surface area contributed by atoms with Gasteiger partial charge in [0.2, 0.25) is 11.8 Å². The number of likely N-dealkylation sites (tertiary alicyclic amines) is 2. The SMILES string of the molecule is [2H]C([2H])([2H])n1cc(-c2cc(OC)c(CN3CCC(CN4CCC5(CC4)CC(Oc4ccc6c(c4)C(=O)N(C4CCC(=O)NC4=O)C6=O)C5)CC3)c(OC)c2)c2cc(C3CC3)ncc2c1=O. The van der Waals surface area contributed by atoms with Crippen molar-refractivity contribution in [1.29, 1.82) is 0 Å². The van der Waals surface area contributed by atoms with Crippen molar-refractivity contribution in [3.8, 4) is 28.4 Å². The lowest BCUT2D eigenvalue weighted by atomic mass is 9.61. The van der Waals surface area contributed by atoms with Crippen molar-refractivity contribution in [2.45, 2.75) is 88.8 Å². The average Bonchev–Trinajstić information content (AvgIpc) is 4.10. The lowest BCUT2D eigenvalue weighted by Crippen LogP contribution is -2.54. The van der Waals surface area contributed by atoms with Gasteiger partial charge in [-0.05, 0) is 143 Å². The topological polar surface area (TPSA) is 153 Å². The molecule has 2 aromatic carbocycles. The number of hydrogen-bond acceptors (Lipinski definition) is 11. The fourth-order valence-corrected chi connectivity index (χ4v) is 10.6. The zero-order chi connectivity index (χ0) is 45.4. The molecule has 1 spiro atoms. The van der Waals surface area contributed by atoms with Crippen molar-refractivity contribution in [1.82, 2.24) is 29.6 Å². The molecule has 62 heavy (non-hydrogen) atoms. The first kappa shape index (κ1) is 37.0. The second-order valence-electron chi connectivity index (χ2n) is 18.3. The van der Waals surface area contributed by atoms with Gasteiger partial charge in [0.05, 0.1) is 42.4 Å². The molecular formula is C48H54N6O8. The van der Waals surface area contributed by atoms with Crippen molar-refractivity contribution in [3.05, 3.63) is 81.5 Å². The Labute approximate surface area is 364 Å². The number of imide groups is 2. The maximum absolute atomic E-state index is 13.4. The van der Waals surface area contributed by atoms with Gasteiger partial charge in [0.1, 0.15) is 23.3 Å². The van der Waals surface area contributed by atoms with Crippen LogP contribution in [-0.2, 0) is 23.1 Å². The summed E-state index contributed by atoms with van der Waals surface area (Å²) in [5.74, 6) is 0.681. The number of carbonyl (C=O) groups excluding carboxylic acids is 4. The minimum atomic E-state index is -2.67. The molecule has 6 aliphatic rings. The van der Waals surface area contributed by atoms with E-state index in [1.807, 2.05) is 18.2 Å². The van der Waals surface area contributed by atoms with Gasteiger partial charge >= 0.3 is 0 Å². The van der Waals surface area contributed by atoms with E-state index in [0.29, 0.717) is 52.1 Å². The van der Waals surface area contributed by atoms with Gasteiger partial charge in [0, 0.05) is 60.2 Å². The van der Waals surface area contributed by atoms with Crippen LogP contribution in [0.4, 0.5) is 0 Å². The lowest BCUT2D eigenvalue weighted by molar-refractivity contribution is -0.136. The molecule has 2 aliphatic carbocycles. The van der Waals surface area contributed by atoms with Crippen LogP contribution in [0.2, 0.25) is 0 Å². The fraction of sp³-hybridized carbons (Fsp3) is 0.500. The predicted molar refractivity (Wildman–Crippen MR) is 230 cm³/mol. The Kier molecular flexibility index (Phi) is 9.52. The molecule has 2 aromatic heterocycles. The molecule has 3 saturated heterocycles. The molecule has 4 amide bonds. The van der Waals surface area contributed by atoms with E-state index in [1.54, 1.807) is 32.4 Å². The molecule has 2 saturated carbocycles. The summed E-state index contributed by atoms with van der Waals surface area (Å²) in [6.07, 6.45) is 11.6. The normalized spacial score (nSPS) is 23.2. The average molecular weight is 846 g/mol. The van der Waals surface area contributed by atoms with Crippen molar-refractivity contribution in [3.63, 3.8) is 0 Å².